The van der Waals surface area contributed by atoms with Crippen molar-refractivity contribution < 1.29 is 28.6 Å². The highest BCUT2D eigenvalue weighted by Gasteiger charge is 2.41. The van der Waals surface area contributed by atoms with Crippen molar-refractivity contribution in [3.8, 4) is 11.5 Å². The molecule has 2 heterocycles. The molecule has 0 bridgehead atoms. The molecule has 2 aliphatic rings. The minimum Gasteiger partial charge on any atom is -0.456 e. The van der Waals surface area contributed by atoms with Gasteiger partial charge in [-0.2, -0.15) is 0 Å². The van der Waals surface area contributed by atoms with Crippen LogP contribution in [0.25, 0.3) is 0 Å². The van der Waals surface area contributed by atoms with Gasteiger partial charge in [0.05, 0.1) is 0 Å². The number of benzene rings is 2. The van der Waals surface area contributed by atoms with Crippen molar-refractivity contribution in [1.29, 1.82) is 0 Å². The highest BCUT2D eigenvalue weighted by Crippen LogP contribution is 2.34. The van der Waals surface area contributed by atoms with Crippen LogP contribution in [0.5, 0.6) is 11.5 Å². The topological polar surface area (TPSA) is 82.1 Å². The molecule has 7 heteroatoms. The van der Waals surface area contributed by atoms with E-state index in [1.54, 1.807) is 13.8 Å². The number of hydrogen-bond acceptors (Lipinski definition) is 6. The first-order chi connectivity index (χ1) is 17.3. The first kappa shape index (κ1) is 25.7. The van der Waals surface area contributed by atoms with Gasteiger partial charge in [0.2, 0.25) is 12.6 Å². The van der Waals surface area contributed by atoms with E-state index in [1.807, 2.05) is 55.5 Å². The third-order valence-corrected chi connectivity index (χ3v) is 7.29. The Morgan fingerprint density at radius 2 is 1.81 bits per heavy atom. The van der Waals surface area contributed by atoms with Crippen LogP contribution >= 0.6 is 0 Å². The molecule has 0 aromatic heterocycles. The molecule has 36 heavy (non-hydrogen) atoms. The number of carbonyl (C=O) groups excluding carboxylic acids is 3. The fourth-order valence-electron chi connectivity index (χ4n) is 4.57. The van der Waals surface area contributed by atoms with Crippen LogP contribution in [0.4, 0.5) is 0 Å². The molecule has 1 amide bonds. The van der Waals surface area contributed by atoms with Gasteiger partial charge in [0.25, 0.3) is 5.91 Å². The maximum atomic E-state index is 13.4. The van der Waals surface area contributed by atoms with E-state index < -0.39 is 35.2 Å². The third kappa shape index (κ3) is 5.72. The highest BCUT2D eigenvalue weighted by atomic mass is 16.7. The van der Waals surface area contributed by atoms with E-state index in [9.17, 15) is 14.4 Å². The molecule has 7 nitrogen and oxygen atoms in total. The molecule has 0 radical (unpaired) electrons. The highest BCUT2D eigenvalue weighted by molar-refractivity contribution is 6.38. The minimum absolute atomic E-state index is 0.220. The number of rotatable bonds is 9. The standard InChI is InChI=1S/C29H35NO6/c1-4-29(2,3)26(31)27(32)30-17-9-8-12-22(30)28(33)36-23(21-10-6-5-7-11-21)15-13-20-14-16-24-25(18-20)35-19-34-24/h5-7,10-11,14,16,18,22-23H,4,8-9,12-13,15,17,19H2,1-3H3/t22-,23?/m1/s1. The van der Waals surface area contributed by atoms with E-state index in [0.29, 0.717) is 32.2 Å². The molecule has 0 spiro atoms. The second-order valence-electron chi connectivity index (χ2n) is 10.1. The van der Waals surface area contributed by atoms with Crippen molar-refractivity contribution in [3.63, 3.8) is 0 Å². The number of likely N-dealkylation sites (tertiary alicyclic amines) is 1. The lowest BCUT2D eigenvalue weighted by atomic mass is 9.84. The lowest BCUT2D eigenvalue weighted by Crippen LogP contribution is -2.53. The molecule has 0 N–H and O–H groups in total. The van der Waals surface area contributed by atoms with Crippen LogP contribution in [0, 0.1) is 5.41 Å². The Balaban J connectivity index is 1.49. The van der Waals surface area contributed by atoms with Crippen LogP contribution in [0.3, 0.4) is 0 Å². The number of ether oxygens (including phenoxy) is 3. The van der Waals surface area contributed by atoms with Crippen molar-refractivity contribution in [1.82, 2.24) is 4.90 Å². The van der Waals surface area contributed by atoms with Gasteiger partial charge >= 0.3 is 5.97 Å². The summed E-state index contributed by atoms with van der Waals surface area (Å²) >= 11 is 0. The fraction of sp³-hybridized carbons (Fsp3) is 0.483. The number of amides is 1. The van der Waals surface area contributed by atoms with E-state index >= 15 is 0 Å². The molecule has 4 rings (SSSR count). The van der Waals surface area contributed by atoms with Crippen LogP contribution < -0.4 is 9.47 Å². The predicted molar refractivity (Wildman–Crippen MR) is 135 cm³/mol. The number of hydrogen-bond donors (Lipinski definition) is 0. The Labute approximate surface area is 212 Å². The van der Waals surface area contributed by atoms with Gasteiger partial charge in [0.15, 0.2) is 11.5 Å². The number of esters is 1. The number of aryl methyl sites for hydroxylation is 1. The Morgan fingerprint density at radius 3 is 2.56 bits per heavy atom. The minimum atomic E-state index is -0.764. The Hall–Kier alpha value is -3.35. The van der Waals surface area contributed by atoms with Crippen LogP contribution in [0.1, 0.15) is 70.1 Å². The first-order valence-corrected chi connectivity index (χ1v) is 12.8. The van der Waals surface area contributed by atoms with Gasteiger partial charge in [0, 0.05) is 12.0 Å². The predicted octanol–water partition coefficient (Wildman–Crippen LogP) is 5.02. The molecule has 2 aromatic carbocycles. The molecule has 2 aliphatic heterocycles. The van der Waals surface area contributed by atoms with Crippen molar-refractivity contribution in [3.05, 3.63) is 59.7 Å². The molecule has 2 atom stereocenters. The van der Waals surface area contributed by atoms with Gasteiger partial charge in [-0.15, -0.1) is 0 Å². The number of piperidine rings is 1. The van der Waals surface area contributed by atoms with Crippen molar-refractivity contribution >= 4 is 17.7 Å². The van der Waals surface area contributed by atoms with E-state index in [2.05, 4.69) is 0 Å². The van der Waals surface area contributed by atoms with E-state index in [4.69, 9.17) is 14.2 Å². The van der Waals surface area contributed by atoms with Gasteiger partial charge in [0.1, 0.15) is 12.1 Å². The summed E-state index contributed by atoms with van der Waals surface area (Å²) in [6.07, 6.45) is 3.37. The van der Waals surface area contributed by atoms with E-state index in [0.717, 1.165) is 35.5 Å². The second-order valence-corrected chi connectivity index (χ2v) is 10.1. The summed E-state index contributed by atoms with van der Waals surface area (Å²) in [5, 5.41) is 0. The smallest absolute Gasteiger partial charge is 0.329 e. The number of ketones is 1. The third-order valence-electron chi connectivity index (χ3n) is 7.29. The van der Waals surface area contributed by atoms with Gasteiger partial charge in [-0.05, 0) is 61.8 Å². The number of fused-ring (bicyclic) bond motifs is 1. The van der Waals surface area contributed by atoms with Crippen molar-refractivity contribution in [2.45, 2.75) is 71.4 Å². The average Bonchev–Trinajstić information content (AvgIpc) is 3.38. The Kier molecular flexibility index (Phi) is 7.97. The van der Waals surface area contributed by atoms with E-state index in [1.165, 1.54) is 4.90 Å². The van der Waals surface area contributed by atoms with Gasteiger partial charge in [-0.25, -0.2) is 4.79 Å². The normalized spacial score (nSPS) is 18.0. The molecule has 1 fully saturated rings. The van der Waals surface area contributed by atoms with E-state index in [-0.39, 0.29) is 6.79 Å². The van der Waals surface area contributed by atoms with Gasteiger partial charge < -0.3 is 19.1 Å². The van der Waals surface area contributed by atoms with Crippen LogP contribution in [0.2, 0.25) is 0 Å². The number of nitrogens with zero attached hydrogens (tertiary/aromatic N) is 1. The zero-order valence-electron chi connectivity index (χ0n) is 21.3. The summed E-state index contributed by atoms with van der Waals surface area (Å²) in [4.78, 5) is 40.9. The first-order valence-electron chi connectivity index (χ1n) is 12.8. The lowest BCUT2D eigenvalue weighted by molar-refractivity contribution is -0.164. The maximum absolute atomic E-state index is 13.4. The van der Waals surface area contributed by atoms with Crippen LogP contribution in [-0.2, 0) is 25.5 Å². The summed E-state index contributed by atoms with van der Waals surface area (Å²) in [6.45, 7) is 6.03. The van der Waals surface area contributed by atoms with Crippen molar-refractivity contribution in [2.24, 2.45) is 5.41 Å². The summed E-state index contributed by atoms with van der Waals surface area (Å²) in [6, 6.07) is 14.7. The molecule has 2 aromatic rings. The molecule has 1 unspecified atom stereocenters. The fourth-order valence-corrected chi connectivity index (χ4v) is 4.57. The quantitative estimate of drug-likeness (QED) is 0.360. The SMILES string of the molecule is CCC(C)(C)C(=O)C(=O)N1CCCC[C@@H]1C(=O)OC(CCc1ccc2c(c1)OCO2)c1ccccc1. The zero-order valence-corrected chi connectivity index (χ0v) is 21.3. The Bertz CT molecular complexity index is 1100. The van der Waals surface area contributed by atoms with Crippen LogP contribution in [-0.4, -0.2) is 41.9 Å². The molecule has 0 saturated carbocycles. The molecule has 1 saturated heterocycles. The zero-order chi connectivity index (χ0) is 25.7. The molecular formula is C29H35NO6. The summed E-state index contributed by atoms with van der Waals surface area (Å²) in [5.41, 5.74) is 1.18. The molecular weight excluding hydrogens is 458 g/mol. The van der Waals surface area contributed by atoms with Gasteiger partial charge in [-0.1, -0.05) is 57.2 Å². The average molecular weight is 494 g/mol. The lowest BCUT2D eigenvalue weighted by Gasteiger charge is -2.36. The van der Waals surface area contributed by atoms with Crippen molar-refractivity contribution in [2.75, 3.05) is 13.3 Å². The van der Waals surface area contributed by atoms with Crippen LogP contribution in [0.15, 0.2) is 48.5 Å². The summed E-state index contributed by atoms with van der Waals surface area (Å²) < 4.78 is 16.9. The second kappa shape index (κ2) is 11.1. The number of carbonyl (C=O) groups is 3. The van der Waals surface area contributed by atoms with Gasteiger partial charge in [-0.3, -0.25) is 9.59 Å². The maximum Gasteiger partial charge on any atom is 0.329 e. The number of Topliss-reactive ketones (excluding diaryl/α,β-unsaturated/α-hetero) is 1. The summed E-state index contributed by atoms with van der Waals surface area (Å²) in [7, 11) is 0. The monoisotopic (exact) mass is 493 g/mol. The largest absolute Gasteiger partial charge is 0.456 e. The Morgan fingerprint density at radius 1 is 1.06 bits per heavy atom. The summed E-state index contributed by atoms with van der Waals surface area (Å²) in [5.74, 6) is -0.0404. The molecule has 192 valence electrons. The molecule has 0 aliphatic carbocycles.